The summed E-state index contributed by atoms with van der Waals surface area (Å²) < 4.78 is 18.2. The molecule has 1 N–H and O–H groups in total. The first-order chi connectivity index (χ1) is 15.0. The van der Waals surface area contributed by atoms with Gasteiger partial charge in [-0.1, -0.05) is 0 Å². The molecule has 1 saturated heterocycles. The number of ether oxygens (including phenoxy) is 3. The number of nitrogens with zero attached hydrogens (tertiary/aromatic N) is 2. The van der Waals surface area contributed by atoms with Crippen LogP contribution in [0.5, 0.6) is 11.5 Å². The monoisotopic (exact) mass is 424 g/mol. The molecule has 1 aliphatic rings. The summed E-state index contributed by atoms with van der Waals surface area (Å²) in [5, 5.41) is 11.5. The van der Waals surface area contributed by atoms with Crippen molar-refractivity contribution in [2.75, 3.05) is 40.0 Å². The first kappa shape index (κ1) is 21.2. The van der Waals surface area contributed by atoms with Crippen LogP contribution in [0.15, 0.2) is 36.4 Å². The van der Waals surface area contributed by atoms with Gasteiger partial charge in [0.2, 0.25) is 0 Å². The van der Waals surface area contributed by atoms with Crippen LogP contribution in [0.2, 0.25) is 0 Å². The Hall–Kier alpha value is -3.03. The summed E-state index contributed by atoms with van der Waals surface area (Å²) in [6, 6.07) is 11.2. The predicted molar refractivity (Wildman–Crippen MR) is 118 cm³/mol. The van der Waals surface area contributed by atoms with Crippen molar-refractivity contribution in [2.24, 2.45) is 0 Å². The smallest absolute Gasteiger partial charge is 0.340 e. The van der Waals surface area contributed by atoms with Gasteiger partial charge in [0.05, 0.1) is 38.0 Å². The number of rotatable bonds is 6. The van der Waals surface area contributed by atoms with E-state index in [1.165, 1.54) is 0 Å². The highest BCUT2D eigenvalue weighted by atomic mass is 16.5. The molecule has 164 valence electrons. The Labute approximate surface area is 181 Å². The van der Waals surface area contributed by atoms with Crippen LogP contribution in [0.1, 0.15) is 28.5 Å². The number of carbonyl (C=O) groups excluding carboxylic acids is 1. The van der Waals surface area contributed by atoms with Gasteiger partial charge in [0, 0.05) is 42.0 Å². The molecule has 0 amide bonds. The molecule has 0 bridgehead atoms. The number of aromatic nitrogens is 1. The fourth-order valence-corrected chi connectivity index (χ4v) is 4.22. The third kappa shape index (κ3) is 3.98. The number of aromatic hydroxyl groups is 1. The molecule has 1 fully saturated rings. The van der Waals surface area contributed by atoms with Crippen LogP contribution >= 0.6 is 0 Å². The molecule has 7 heteroatoms. The summed E-state index contributed by atoms with van der Waals surface area (Å²) >= 11 is 0. The van der Waals surface area contributed by atoms with Gasteiger partial charge in [-0.15, -0.1) is 0 Å². The fraction of sp³-hybridized carbons (Fsp3) is 0.375. The van der Waals surface area contributed by atoms with Gasteiger partial charge in [-0.3, -0.25) is 4.90 Å². The lowest BCUT2D eigenvalue weighted by Gasteiger charge is -2.27. The molecule has 0 radical (unpaired) electrons. The molecule has 0 atom stereocenters. The SMILES string of the molecule is CCOC(=O)c1c(C)n(-c2ccc(OC)cc2)c2ccc(O)c(CN3CCOCC3)c12. The number of fused-ring (bicyclic) bond motifs is 1. The van der Waals surface area contributed by atoms with Gasteiger partial charge in [-0.2, -0.15) is 0 Å². The van der Waals surface area contributed by atoms with Crippen molar-refractivity contribution in [1.82, 2.24) is 9.47 Å². The third-order valence-corrected chi connectivity index (χ3v) is 5.75. The fourth-order valence-electron chi connectivity index (χ4n) is 4.22. The lowest BCUT2D eigenvalue weighted by atomic mass is 10.0. The van der Waals surface area contributed by atoms with Gasteiger partial charge in [-0.25, -0.2) is 4.79 Å². The van der Waals surface area contributed by atoms with Crippen LogP contribution in [0.4, 0.5) is 0 Å². The molecule has 3 aromatic rings. The molecule has 0 unspecified atom stereocenters. The number of hydrogen-bond acceptors (Lipinski definition) is 6. The summed E-state index contributed by atoms with van der Waals surface area (Å²) in [7, 11) is 1.63. The van der Waals surface area contributed by atoms with Gasteiger partial charge in [0.25, 0.3) is 0 Å². The number of benzene rings is 2. The number of phenols is 1. The highest BCUT2D eigenvalue weighted by molar-refractivity contribution is 6.08. The molecule has 31 heavy (non-hydrogen) atoms. The maximum atomic E-state index is 13.0. The van der Waals surface area contributed by atoms with Crippen molar-refractivity contribution in [1.29, 1.82) is 0 Å². The van der Waals surface area contributed by atoms with Crippen molar-refractivity contribution in [3.63, 3.8) is 0 Å². The lowest BCUT2D eigenvalue weighted by molar-refractivity contribution is 0.0340. The number of phenolic OH excluding ortho intramolecular Hbond substituents is 1. The molecule has 0 saturated carbocycles. The second-order valence-electron chi connectivity index (χ2n) is 7.56. The number of morpholine rings is 1. The zero-order valence-corrected chi connectivity index (χ0v) is 18.2. The largest absolute Gasteiger partial charge is 0.508 e. The number of carbonyl (C=O) groups is 1. The van der Waals surface area contributed by atoms with E-state index in [0.717, 1.165) is 46.7 Å². The average molecular weight is 424 g/mol. The van der Waals surface area contributed by atoms with E-state index < -0.39 is 0 Å². The molecular weight excluding hydrogens is 396 g/mol. The number of hydrogen-bond donors (Lipinski definition) is 1. The lowest BCUT2D eigenvalue weighted by Crippen LogP contribution is -2.35. The highest BCUT2D eigenvalue weighted by Gasteiger charge is 2.26. The van der Waals surface area contributed by atoms with Crippen LogP contribution in [-0.2, 0) is 16.0 Å². The first-order valence-electron chi connectivity index (χ1n) is 10.5. The minimum absolute atomic E-state index is 0.177. The van der Waals surface area contributed by atoms with Crippen molar-refractivity contribution in [3.05, 3.63) is 53.2 Å². The van der Waals surface area contributed by atoms with Crippen molar-refractivity contribution in [2.45, 2.75) is 20.4 Å². The van der Waals surface area contributed by atoms with E-state index in [-0.39, 0.29) is 18.3 Å². The van der Waals surface area contributed by atoms with Crippen LogP contribution in [0.3, 0.4) is 0 Å². The van der Waals surface area contributed by atoms with Gasteiger partial charge in [0.15, 0.2) is 0 Å². The van der Waals surface area contributed by atoms with Crippen LogP contribution in [0.25, 0.3) is 16.6 Å². The summed E-state index contributed by atoms with van der Waals surface area (Å²) in [5.74, 6) is 0.552. The highest BCUT2D eigenvalue weighted by Crippen LogP contribution is 2.37. The Kier molecular flexibility index (Phi) is 6.15. The average Bonchev–Trinajstić information content (AvgIpc) is 3.09. The molecular formula is C24H28N2O5. The van der Waals surface area contributed by atoms with E-state index in [9.17, 15) is 9.90 Å². The maximum Gasteiger partial charge on any atom is 0.340 e. The number of esters is 1. The van der Waals surface area contributed by atoms with Crippen LogP contribution in [-0.4, -0.2) is 60.6 Å². The Morgan fingerprint density at radius 1 is 1.13 bits per heavy atom. The molecule has 2 aromatic carbocycles. The second kappa shape index (κ2) is 8.99. The van der Waals surface area contributed by atoms with Gasteiger partial charge < -0.3 is 23.9 Å². The third-order valence-electron chi connectivity index (χ3n) is 5.75. The van der Waals surface area contributed by atoms with Crippen LogP contribution < -0.4 is 4.74 Å². The summed E-state index contributed by atoms with van der Waals surface area (Å²) in [6.45, 7) is 7.40. The van der Waals surface area contributed by atoms with Crippen molar-refractivity contribution in [3.8, 4) is 17.2 Å². The zero-order valence-electron chi connectivity index (χ0n) is 18.2. The Bertz CT molecular complexity index is 1080. The van der Waals surface area contributed by atoms with Crippen LogP contribution in [0, 0.1) is 6.92 Å². The molecule has 0 spiro atoms. The van der Waals surface area contributed by atoms with E-state index in [1.54, 1.807) is 20.1 Å². The van der Waals surface area contributed by atoms with E-state index in [1.807, 2.05) is 41.8 Å². The molecule has 1 aromatic heterocycles. The molecule has 4 rings (SSSR count). The first-order valence-corrected chi connectivity index (χ1v) is 10.5. The van der Waals surface area contributed by atoms with Crippen molar-refractivity contribution >= 4 is 16.9 Å². The number of methoxy groups -OCH3 is 1. The Morgan fingerprint density at radius 3 is 2.48 bits per heavy atom. The van der Waals surface area contributed by atoms with Crippen molar-refractivity contribution < 1.29 is 24.1 Å². The zero-order chi connectivity index (χ0) is 22.0. The van der Waals surface area contributed by atoms with E-state index in [0.29, 0.717) is 25.3 Å². The molecule has 7 nitrogen and oxygen atoms in total. The minimum atomic E-state index is -0.383. The van der Waals surface area contributed by atoms with Gasteiger partial charge in [0.1, 0.15) is 11.5 Å². The van der Waals surface area contributed by atoms with Gasteiger partial charge in [-0.05, 0) is 50.2 Å². The quantitative estimate of drug-likeness (QED) is 0.609. The minimum Gasteiger partial charge on any atom is -0.508 e. The predicted octanol–water partition coefficient (Wildman–Crippen LogP) is 3.66. The topological polar surface area (TPSA) is 73.2 Å². The summed E-state index contributed by atoms with van der Waals surface area (Å²) in [5.41, 5.74) is 3.76. The van der Waals surface area contributed by atoms with E-state index in [2.05, 4.69) is 4.90 Å². The molecule has 0 aliphatic carbocycles. The normalized spacial score (nSPS) is 14.7. The summed E-state index contributed by atoms with van der Waals surface area (Å²) in [4.78, 5) is 15.2. The van der Waals surface area contributed by atoms with Gasteiger partial charge >= 0.3 is 5.97 Å². The maximum absolute atomic E-state index is 13.0. The molecule has 1 aliphatic heterocycles. The van der Waals surface area contributed by atoms with E-state index >= 15 is 0 Å². The summed E-state index contributed by atoms with van der Waals surface area (Å²) in [6.07, 6.45) is 0. The Balaban J connectivity index is 1.93. The Morgan fingerprint density at radius 2 is 1.84 bits per heavy atom. The standard InChI is InChI=1S/C24H28N2O5/c1-4-31-24(28)22-16(2)26(17-5-7-18(29-3)8-6-17)20-9-10-21(27)19(23(20)22)15-25-11-13-30-14-12-25/h5-10,27H,4,11-15H2,1-3H3. The second-order valence-corrected chi connectivity index (χ2v) is 7.56. The van der Waals surface area contributed by atoms with E-state index in [4.69, 9.17) is 14.2 Å². The molecule has 2 heterocycles.